The Balaban J connectivity index is 2.24. The van der Waals surface area contributed by atoms with E-state index < -0.39 is 0 Å². The molecule has 1 aromatic carbocycles. The fourth-order valence-corrected chi connectivity index (χ4v) is 1.84. The van der Waals surface area contributed by atoms with Gasteiger partial charge in [-0.2, -0.15) is 4.98 Å². The van der Waals surface area contributed by atoms with Gasteiger partial charge in [0.05, 0.1) is 10.9 Å². The normalized spacial score (nSPS) is 10.7. The standard InChI is InChI=1S/C14H11N3O/c1-9-2-4-10(5-3-9)13-16-12-6-7-15-8-11(12)14(18)17-13/h2-8H,1H3,(H,16,17,18). The van der Waals surface area contributed by atoms with Gasteiger partial charge < -0.3 is 4.98 Å². The van der Waals surface area contributed by atoms with Gasteiger partial charge in [-0.05, 0) is 13.0 Å². The topological polar surface area (TPSA) is 58.6 Å². The molecule has 2 heterocycles. The number of benzene rings is 1. The zero-order valence-corrected chi connectivity index (χ0v) is 9.84. The Labute approximate surface area is 103 Å². The first-order valence-corrected chi connectivity index (χ1v) is 5.65. The molecule has 4 heteroatoms. The zero-order chi connectivity index (χ0) is 12.5. The van der Waals surface area contributed by atoms with Crippen LogP contribution in [0.4, 0.5) is 0 Å². The molecule has 0 saturated carbocycles. The molecule has 0 aliphatic heterocycles. The first kappa shape index (κ1) is 10.7. The molecule has 1 N–H and O–H groups in total. The summed E-state index contributed by atoms with van der Waals surface area (Å²) in [6.07, 6.45) is 3.18. The number of nitrogens with zero attached hydrogens (tertiary/aromatic N) is 2. The maximum absolute atomic E-state index is 11.9. The average molecular weight is 237 g/mol. The van der Waals surface area contributed by atoms with Crippen molar-refractivity contribution in [1.82, 2.24) is 15.0 Å². The molecule has 0 bridgehead atoms. The Hall–Kier alpha value is -2.49. The summed E-state index contributed by atoms with van der Waals surface area (Å²) in [5.41, 5.74) is 2.57. The monoisotopic (exact) mass is 237 g/mol. The third-order valence-electron chi connectivity index (χ3n) is 2.84. The van der Waals surface area contributed by atoms with E-state index >= 15 is 0 Å². The van der Waals surface area contributed by atoms with Crippen LogP contribution in [-0.2, 0) is 0 Å². The quantitative estimate of drug-likeness (QED) is 0.706. The van der Waals surface area contributed by atoms with Crippen LogP contribution < -0.4 is 5.56 Å². The van der Waals surface area contributed by atoms with Gasteiger partial charge in [-0.15, -0.1) is 0 Å². The smallest absolute Gasteiger partial charge is 0.282 e. The predicted molar refractivity (Wildman–Crippen MR) is 70.3 cm³/mol. The molecular formula is C14H11N3O. The van der Waals surface area contributed by atoms with Crippen molar-refractivity contribution >= 4 is 10.9 Å². The van der Waals surface area contributed by atoms with Crippen molar-refractivity contribution in [2.24, 2.45) is 0 Å². The average Bonchev–Trinajstić information content (AvgIpc) is 2.39. The summed E-state index contributed by atoms with van der Waals surface area (Å²) in [5.74, 6) is 0.582. The molecule has 3 aromatic rings. The summed E-state index contributed by atoms with van der Waals surface area (Å²) in [5, 5.41) is 0.508. The van der Waals surface area contributed by atoms with Crippen LogP contribution in [0.5, 0.6) is 0 Å². The van der Waals surface area contributed by atoms with Gasteiger partial charge in [0.15, 0.2) is 0 Å². The van der Waals surface area contributed by atoms with Gasteiger partial charge >= 0.3 is 0 Å². The minimum atomic E-state index is -0.257. The van der Waals surface area contributed by atoms with E-state index in [1.165, 1.54) is 11.8 Å². The number of aryl methyl sites for hydroxylation is 1. The molecule has 0 spiro atoms. The third-order valence-corrected chi connectivity index (χ3v) is 2.84. The van der Waals surface area contributed by atoms with E-state index in [1.807, 2.05) is 31.2 Å². The molecule has 0 aliphatic rings. The lowest BCUT2D eigenvalue weighted by atomic mass is 10.1. The highest BCUT2D eigenvalue weighted by atomic mass is 16.1. The highest BCUT2D eigenvalue weighted by molar-refractivity contribution is 5.78. The Kier molecular flexibility index (Phi) is 2.41. The minimum absolute atomic E-state index is 0.257. The summed E-state index contributed by atoms with van der Waals surface area (Å²) < 4.78 is 0. The molecule has 0 fully saturated rings. The minimum Gasteiger partial charge on any atom is -0.339 e. The third kappa shape index (κ3) is 1.78. The van der Waals surface area contributed by atoms with Gasteiger partial charge in [-0.1, -0.05) is 29.8 Å². The lowest BCUT2D eigenvalue weighted by molar-refractivity contribution is 1.17. The highest BCUT2D eigenvalue weighted by Gasteiger charge is 2.05. The van der Waals surface area contributed by atoms with Crippen molar-refractivity contribution in [2.45, 2.75) is 6.92 Å². The van der Waals surface area contributed by atoms with E-state index in [0.717, 1.165) is 11.1 Å². The lowest BCUT2D eigenvalue weighted by Crippen LogP contribution is -2.09. The number of hydrogen-bond donors (Lipinski definition) is 1. The van der Waals surface area contributed by atoms with E-state index in [2.05, 4.69) is 15.0 Å². The van der Waals surface area contributed by atoms with Crippen LogP contribution in [0.15, 0.2) is 47.5 Å². The van der Waals surface area contributed by atoms with Crippen LogP contribution in [0.25, 0.3) is 22.3 Å². The molecule has 3 rings (SSSR count). The molecule has 0 amide bonds. The highest BCUT2D eigenvalue weighted by Crippen LogP contribution is 2.16. The number of aromatic amines is 1. The van der Waals surface area contributed by atoms with Gasteiger partial charge in [-0.3, -0.25) is 9.78 Å². The Morgan fingerprint density at radius 3 is 2.67 bits per heavy atom. The lowest BCUT2D eigenvalue weighted by Gasteiger charge is -2.03. The van der Waals surface area contributed by atoms with Crippen LogP contribution in [0.2, 0.25) is 0 Å². The van der Waals surface area contributed by atoms with Crippen molar-refractivity contribution in [2.75, 3.05) is 0 Å². The van der Waals surface area contributed by atoms with Crippen LogP contribution >= 0.6 is 0 Å². The Bertz CT molecular complexity index is 760. The van der Waals surface area contributed by atoms with Crippen LogP contribution in [0.3, 0.4) is 0 Å². The second kappa shape index (κ2) is 4.07. The van der Waals surface area contributed by atoms with E-state index in [4.69, 9.17) is 0 Å². The van der Waals surface area contributed by atoms with Crippen molar-refractivity contribution in [3.63, 3.8) is 0 Å². The second-order valence-electron chi connectivity index (χ2n) is 4.18. The molecule has 0 unspecified atom stereocenters. The predicted octanol–water partition coefficient (Wildman–Crippen LogP) is 2.29. The first-order chi connectivity index (χ1) is 8.74. The zero-order valence-electron chi connectivity index (χ0n) is 9.84. The number of fused-ring (bicyclic) bond motifs is 1. The Morgan fingerprint density at radius 1 is 1.11 bits per heavy atom. The summed E-state index contributed by atoms with van der Waals surface area (Å²) in [6.45, 7) is 2.02. The van der Waals surface area contributed by atoms with Gasteiger partial charge in [0.1, 0.15) is 5.82 Å². The number of nitrogens with one attached hydrogen (secondary N) is 1. The fraction of sp³-hybridized carbons (Fsp3) is 0.0714. The van der Waals surface area contributed by atoms with Gasteiger partial charge in [-0.25, -0.2) is 0 Å². The molecule has 4 nitrogen and oxygen atoms in total. The number of pyridine rings is 1. The van der Waals surface area contributed by atoms with E-state index in [-0.39, 0.29) is 5.56 Å². The molecule has 2 aromatic heterocycles. The number of hydrogen-bond acceptors (Lipinski definition) is 3. The molecule has 0 radical (unpaired) electrons. The van der Waals surface area contributed by atoms with Gasteiger partial charge in [0.25, 0.3) is 5.56 Å². The van der Waals surface area contributed by atoms with Crippen molar-refractivity contribution in [3.05, 3.63) is 58.6 Å². The van der Waals surface area contributed by atoms with Gasteiger partial charge in [0, 0.05) is 18.0 Å². The van der Waals surface area contributed by atoms with Crippen LogP contribution in [-0.4, -0.2) is 15.0 Å². The van der Waals surface area contributed by atoms with E-state index in [0.29, 0.717) is 11.2 Å². The van der Waals surface area contributed by atoms with Crippen molar-refractivity contribution < 1.29 is 0 Å². The molecule has 18 heavy (non-hydrogen) atoms. The first-order valence-electron chi connectivity index (χ1n) is 5.65. The van der Waals surface area contributed by atoms with E-state index in [9.17, 15) is 4.79 Å². The number of aromatic nitrogens is 3. The Morgan fingerprint density at radius 2 is 1.89 bits per heavy atom. The van der Waals surface area contributed by atoms with Crippen LogP contribution in [0.1, 0.15) is 5.56 Å². The summed E-state index contributed by atoms with van der Waals surface area (Å²) in [7, 11) is 0. The number of rotatable bonds is 1. The summed E-state index contributed by atoms with van der Waals surface area (Å²) >= 11 is 0. The van der Waals surface area contributed by atoms with Crippen molar-refractivity contribution in [3.8, 4) is 11.4 Å². The summed E-state index contributed by atoms with van der Waals surface area (Å²) in [6, 6.07) is 9.65. The SMILES string of the molecule is Cc1ccc(-c2nc(=O)c3cnccc3[nH]2)cc1. The largest absolute Gasteiger partial charge is 0.339 e. The molecule has 0 atom stereocenters. The maximum Gasteiger partial charge on any atom is 0.282 e. The maximum atomic E-state index is 11.9. The fourth-order valence-electron chi connectivity index (χ4n) is 1.84. The van der Waals surface area contributed by atoms with Crippen LogP contribution in [0, 0.1) is 6.92 Å². The molecular weight excluding hydrogens is 226 g/mol. The second-order valence-corrected chi connectivity index (χ2v) is 4.18. The molecule has 88 valence electrons. The number of H-pyrrole nitrogens is 1. The van der Waals surface area contributed by atoms with E-state index in [1.54, 1.807) is 12.3 Å². The summed E-state index contributed by atoms with van der Waals surface area (Å²) in [4.78, 5) is 23.0. The van der Waals surface area contributed by atoms with Crippen molar-refractivity contribution in [1.29, 1.82) is 0 Å². The molecule has 0 aliphatic carbocycles. The molecule has 0 saturated heterocycles. The van der Waals surface area contributed by atoms with Gasteiger partial charge in [0.2, 0.25) is 0 Å².